The second kappa shape index (κ2) is 6.46. The summed E-state index contributed by atoms with van der Waals surface area (Å²) in [7, 11) is 0. The first kappa shape index (κ1) is 13.7. The molecular formula is C18H22N+. The van der Waals surface area contributed by atoms with Crippen molar-refractivity contribution in [2.24, 2.45) is 0 Å². The van der Waals surface area contributed by atoms with Crippen molar-refractivity contribution >= 4 is 0 Å². The maximum atomic E-state index is 5.54. The van der Waals surface area contributed by atoms with Gasteiger partial charge in [-0.1, -0.05) is 24.1 Å². The molecule has 1 aliphatic heterocycles. The lowest BCUT2D eigenvalue weighted by atomic mass is 10.1. The lowest BCUT2D eigenvalue weighted by molar-refractivity contribution is -0.919. The van der Waals surface area contributed by atoms with Gasteiger partial charge in [0, 0.05) is 5.56 Å². The fourth-order valence-electron chi connectivity index (χ4n) is 2.76. The lowest BCUT2D eigenvalue weighted by Crippen LogP contribution is -2.51. The topological polar surface area (TPSA) is 0 Å². The van der Waals surface area contributed by atoms with Crippen LogP contribution in [0.3, 0.4) is 0 Å². The summed E-state index contributed by atoms with van der Waals surface area (Å²) < 4.78 is 0.995. The second-order valence-corrected chi connectivity index (χ2v) is 5.49. The molecular weight excluding hydrogens is 230 g/mol. The maximum Gasteiger partial charge on any atom is 0.142 e. The lowest BCUT2D eigenvalue weighted by Gasteiger charge is -2.38. The Morgan fingerprint density at radius 2 is 1.84 bits per heavy atom. The van der Waals surface area contributed by atoms with Gasteiger partial charge < -0.3 is 4.48 Å². The van der Waals surface area contributed by atoms with Gasteiger partial charge in [-0.05, 0) is 49.7 Å². The van der Waals surface area contributed by atoms with Gasteiger partial charge in [-0.2, -0.15) is 0 Å². The third kappa shape index (κ3) is 3.63. The average molecular weight is 252 g/mol. The molecule has 1 fully saturated rings. The molecule has 0 N–H and O–H groups in total. The minimum Gasteiger partial charge on any atom is -0.303 e. The quantitative estimate of drug-likeness (QED) is 0.561. The molecule has 0 aromatic heterocycles. The largest absolute Gasteiger partial charge is 0.303 e. The summed E-state index contributed by atoms with van der Waals surface area (Å²) in [5, 5.41) is 0. The minimum atomic E-state index is 0.822. The van der Waals surface area contributed by atoms with Crippen molar-refractivity contribution in [3.8, 4) is 24.2 Å². The Bertz CT molecular complexity index is 519. The third-order valence-electron chi connectivity index (χ3n) is 3.97. The Morgan fingerprint density at radius 3 is 2.53 bits per heavy atom. The van der Waals surface area contributed by atoms with E-state index < -0.39 is 0 Å². The predicted molar refractivity (Wildman–Crippen MR) is 80.5 cm³/mol. The highest BCUT2D eigenvalue weighted by Crippen LogP contribution is 2.17. The molecule has 0 aliphatic carbocycles. The smallest absolute Gasteiger partial charge is 0.142 e. The highest BCUT2D eigenvalue weighted by atomic mass is 15.3. The Balaban J connectivity index is 2.08. The van der Waals surface area contributed by atoms with Crippen LogP contribution < -0.4 is 0 Å². The molecule has 1 nitrogen and oxygen atoms in total. The molecule has 0 radical (unpaired) electrons. The van der Waals surface area contributed by atoms with Crippen molar-refractivity contribution in [1.82, 2.24) is 0 Å². The molecule has 0 spiro atoms. The number of aryl methyl sites for hydroxylation is 1. The fraction of sp³-hybridized carbons (Fsp3) is 0.444. The molecule has 1 aromatic rings. The van der Waals surface area contributed by atoms with E-state index in [0.29, 0.717) is 0 Å². The van der Waals surface area contributed by atoms with Crippen molar-refractivity contribution in [3.05, 3.63) is 35.4 Å². The van der Waals surface area contributed by atoms with Crippen LogP contribution in [0.4, 0.5) is 0 Å². The predicted octanol–water partition coefficient (Wildman–Crippen LogP) is 2.98. The maximum absolute atomic E-state index is 5.54. The number of likely N-dealkylation sites (tertiary alicyclic amines) is 1. The van der Waals surface area contributed by atoms with Crippen LogP contribution in [0, 0.1) is 31.1 Å². The zero-order chi connectivity index (χ0) is 13.6. The number of quaternary nitrogens is 1. The number of terminal acetylenes is 1. The first-order valence-electron chi connectivity index (χ1n) is 7.09. The van der Waals surface area contributed by atoms with Gasteiger partial charge in [0.2, 0.25) is 0 Å². The fourth-order valence-corrected chi connectivity index (χ4v) is 2.76. The van der Waals surface area contributed by atoms with Gasteiger partial charge in [-0.25, -0.2) is 0 Å². The van der Waals surface area contributed by atoms with Gasteiger partial charge in [0.05, 0.1) is 13.1 Å². The van der Waals surface area contributed by atoms with Gasteiger partial charge in [0.15, 0.2) is 0 Å². The normalized spacial score (nSPS) is 17.1. The van der Waals surface area contributed by atoms with Crippen LogP contribution in [0.1, 0.15) is 30.4 Å². The van der Waals surface area contributed by atoms with Gasteiger partial charge in [-0.15, -0.1) is 6.42 Å². The van der Waals surface area contributed by atoms with E-state index in [4.69, 9.17) is 6.42 Å². The van der Waals surface area contributed by atoms with E-state index in [1.54, 1.807) is 0 Å². The second-order valence-electron chi connectivity index (χ2n) is 5.49. The Labute approximate surface area is 117 Å². The molecule has 0 unspecified atom stereocenters. The van der Waals surface area contributed by atoms with E-state index in [1.807, 2.05) is 6.07 Å². The molecule has 98 valence electrons. The number of nitrogens with zero attached hydrogens (tertiary/aromatic N) is 1. The Kier molecular flexibility index (Phi) is 4.67. The Morgan fingerprint density at radius 1 is 1.11 bits per heavy atom. The van der Waals surface area contributed by atoms with Crippen molar-refractivity contribution < 1.29 is 4.48 Å². The summed E-state index contributed by atoms with van der Waals surface area (Å²) >= 11 is 0. The molecule has 0 bridgehead atoms. The van der Waals surface area contributed by atoms with Crippen LogP contribution in [0.25, 0.3) is 0 Å². The van der Waals surface area contributed by atoms with Crippen LogP contribution in [0.2, 0.25) is 0 Å². The van der Waals surface area contributed by atoms with E-state index in [9.17, 15) is 0 Å². The van der Waals surface area contributed by atoms with Crippen LogP contribution in [0.15, 0.2) is 24.3 Å². The number of benzene rings is 1. The first-order valence-corrected chi connectivity index (χ1v) is 7.09. The van der Waals surface area contributed by atoms with E-state index >= 15 is 0 Å². The van der Waals surface area contributed by atoms with E-state index in [2.05, 4.69) is 42.9 Å². The minimum absolute atomic E-state index is 0.822. The Hall–Kier alpha value is -1.70. The standard InChI is InChI=1S/C18H22N/c1-3-13-19(14-7-4-8-15-19)16-9-12-18-11-6-5-10-17(18)2/h1,5-6,10-11H,4,7-8,13-16H2,2H3/q+1. The molecule has 2 rings (SSSR count). The molecule has 0 atom stereocenters. The molecule has 0 saturated carbocycles. The molecule has 1 saturated heterocycles. The van der Waals surface area contributed by atoms with Crippen molar-refractivity contribution in [2.45, 2.75) is 26.2 Å². The highest BCUT2D eigenvalue weighted by Gasteiger charge is 2.27. The van der Waals surface area contributed by atoms with Crippen LogP contribution >= 0.6 is 0 Å². The van der Waals surface area contributed by atoms with E-state index in [1.165, 1.54) is 37.9 Å². The first-order chi connectivity index (χ1) is 9.26. The number of piperidine rings is 1. The molecule has 1 aromatic carbocycles. The van der Waals surface area contributed by atoms with Gasteiger partial charge in [-0.3, -0.25) is 0 Å². The highest BCUT2D eigenvalue weighted by molar-refractivity contribution is 5.40. The summed E-state index contributed by atoms with van der Waals surface area (Å²) in [6.07, 6.45) is 9.45. The summed E-state index contributed by atoms with van der Waals surface area (Å²) in [4.78, 5) is 0. The molecule has 1 heteroatoms. The third-order valence-corrected chi connectivity index (χ3v) is 3.97. The monoisotopic (exact) mass is 252 g/mol. The SMILES string of the molecule is C#CC[N+]1(CC#Cc2ccccc2C)CCCCC1. The van der Waals surface area contributed by atoms with Gasteiger partial charge in [0.1, 0.15) is 13.1 Å². The molecule has 19 heavy (non-hydrogen) atoms. The summed E-state index contributed by atoms with van der Waals surface area (Å²) in [6.45, 7) is 6.19. The number of hydrogen-bond donors (Lipinski definition) is 0. The van der Waals surface area contributed by atoms with Gasteiger partial charge in [0.25, 0.3) is 0 Å². The van der Waals surface area contributed by atoms with Crippen LogP contribution in [0.5, 0.6) is 0 Å². The van der Waals surface area contributed by atoms with Crippen LogP contribution in [-0.2, 0) is 0 Å². The average Bonchev–Trinajstić information content (AvgIpc) is 2.42. The zero-order valence-electron chi connectivity index (χ0n) is 11.8. The molecule has 1 heterocycles. The number of rotatable bonds is 2. The van der Waals surface area contributed by atoms with E-state index in [0.717, 1.165) is 23.1 Å². The summed E-state index contributed by atoms with van der Waals surface area (Å²) in [5.41, 5.74) is 2.38. The van der Waals surface area contributed by atoms with Crippen molar-refractivity contribution in [2.75, 3.05) is 26.2 Å². The van der Waals surface area contributed by atoms with E-state index in [-0.39, 0.29) is 0 Å². The van der Waals surface area contributed by atoms with Gasteiger partial charge >= 0.3 is 0 Å². The zero-order valence-corrected chi connectivity index (χ0v) is 11.8. The molecule has 0 amide bonds. The van der Waals surface area contributed by atoms with Crippen molar-refractivity contribution in [1.29, 1.82) is 0 Å². The number of hydrogen-bond acceptors (Lipinski definition) is 0. The molecule has 1 aliphatic rings. The summed E-state index contributed by atoms with van der Waals surface area (Å²) in [6, 6.07) is 8.29. The van der Waals surface area contributed by atoms with Crippen LogP contribution in [-0.4, -0.2) is 30.7 Å². The summed E-state index contributed by atoms with van der Waals surface area (Å²) in [5.74, 6) is 9.52. The van der Waals surface area contributed by atoms with Crippen molar-refractivity contribution in [3.63, 3.8) is 0 Å².